The van der Waals surface area contributed by atoms with Crippen molar-refractivity contribution in [1.29, 1.82) is 0 Å². The van der Waals surface area contributed by atoms with Gasteiger partial charge >= 0.3 is 11.7 Å². The number of rotatable bonds is 6. The van der Waals surface area contributed by atoms with Crippen LogP contribution in [0.1, 0.15) is 18.9 Å². The Morgan fingerprint density at radius 3 is 2.70 bits per heavy atom. The molecule has 20 heavy (non-hydrogen) atoms. The number of nitro groups is 1. The Kier molecular flexibility index (Phi) is 5.71. The Labute approximate surface area is 117 Å². The van der Waals surface area contributed by atoms with Crippen LogP contribution in [-0.4, -0.2) is 24.6 Å². The summed E-state index contributed by atoms with van der Waals surface area (Å²) in [5, 5.41) is 10.9. The summed E-state index contributed by atoms with van der Waals surface area (Å²) >= 11 is 0. The molecule has 0 aliphatic carbocycles. The molecule has 0 N–H and O–H groups in total. The minimum absolute atomic E-state index is 0.0716. The maximum absolute atomic E-state index is 11.4. The highest BCUT2D eigenvalue weighted by Crippen LogP contribution is 2.27. The van der Waals surface area contributed by atoms with Crippen molar-refractivity contribution in [2.24, 2.45) is 0 Å². The van der Waals surface area contributed by atoms with Gasteiger partial charge in [0, 0.05) is 11.6 Å². The van der Waals surface area contributed by atoms with E-state index in [-0.39, 0.29) is 18.0 Å². The summed E-state index contributed by atoms with van der Waals surface area (Å²) in [6.45, 7) is 3.66. The van der Waals surface area contributed by atoms with Gasteiger partial charge < -0.3 is 9.47 Å². The maximum atomic E-state index is 11.4. The molecule has 0 spiro atoms. The summed E-state index contributed by atoms with van der Waals surface area (Å²) in [7, 11) is 1.30. The topological polar surface area (TPSA) is 78.7 Å². The highest BCUT2D eigenvalue weighted by Gasteiger charge is 2.15. The lowest BCUT2D eigenvalue weighted by molar-refractivity contribution is -0.385. The summed E-state index contributed by atoms with van der Waals surface area (Å²) in [5.74, 6) is -0.244. The number of hydrogen-bond acceptors (Lipinski definition) is 5. The lowest BCUT2D eigenvalue weighted by Crippen LogP contribution is -2.06. The second-order valence-electron chi connectivity index (χ2n) is 4.11. The first kappa shape index (κ1) is 15.7. The molecule has 0 aromatic heterocycles. The summed E-state index contributed by atoms with van der Waals surface area (Å²) in [4.78, 5) is 21.8. The van der Waals surface area contributed by atoms with Crippen LogP contribution >= 0.6 is 0 Å². The SMILES string of the molecule is CCC(=CCOc1ccc(C)cc1[N+](=O)[O-])C(=O)OC. The smallest absolute Gasteiger partial charge is 0.333 e. The first-order valence-electron chi connectivity index (χ1n) is 6.14. The number of esters is 1. The van der Waals surface area contributed by atoms with Crippen LogP contribution in [0.5, 0.6) is 5.75 Å². The molecular weight excluding hydrogens is 262 g/mol. The molecule has 0 heterocycles. The third-order valence-electron chi connectivity index (χ3n) is 2.71. The molecule has 1 aromatic rings. The average molecular weight is 279 g/mol. The fourth-order valence-corrected chi connectivity index (χ4v) is 1.63. The molecule has 0 radical (unpaired) electrons. The van der Waals surface area contributed by atoms with Crippen LogP contribution < -0.4 is 4.74 Å². The van der Waals surface area contributed by atoms with E-state index in [0.29, 0.717) is 12.0 Å². The monoisotopic (exact) mass is 279 g/mol. The van der Waals surface area contributed by atoms with E-state index in [2.05, 4.69) is 4.74 Å². The minimum Gasteiger partial charge on any atom is -0.483 e. The van der Waals surface area contributed by atoms with E-state index in [4.69, 9.17) is 4.74 Å². The van der Waals surface area contributed by atoms with Gasteiger partial charge in [-0.25, -0.2) is 4.79 Å². The lowest BCUT2D eigenvalue weighted by atomic mass is 10.2. The summed E-state index contributed by atoms with van der Waals surface area (Å²) < 4.78 is 9.97. The van der Waals surface area contributed by atoms with Crippen molar-refractivity contribution >= 4 is 11.7 Å². The van der Waals surface area contributed by atoms with Crippen LogP contribution in [0.4, 0.5) is 5.69 Å². The van der Waals surface area contributed by atoms with Crippen molar-refractivity contribution in [3.8, 4) is 5.75 Å². The summed E-state index contributed by atoms with van der Waals surface area (Å²) in [6, 6.07) is 4.72. The quantitative estimate of drug-likeness (QED) is 0.346. The zero-order chi connectivity index (χ0) is 15.1. The van der Waals surface area contributed by atoms with E-state index in [1.54, 1.807) is 25.1 Å². The van der Waals surface area contributed by atoms with E-state index in [9.17, 15) is 14.9 Å². The van der Waals surface area contributed by atoms with Crippen LogP contribution in [0.15, 0.2) is 29.8 Å². The minimum atomic E-state index is -0.493. The number of aryl methyl sites for hydroxylation is 1. The zero-order valence-corrected chi connectivity index (χ0v) is 11.7. The third kappa shape index (κ3) is 4.08. The van der Waals surface area contributed by atoms with Crippen molar-refractivity contribution in [2.45, 2.75) is 20.3 Å². The largest absolute Gasteiger partial charge is 0.483 e. The predicted octanol–water partition coefficient (Wildman–Crippen LogP) is 2.79. The standard InChI is InChI=1S/C14H17NO5/c1-4-11(14(16)19-3)7-8-20-13-6-5-10(2)9-12(13)15(17)18/h5-7,9H,4,8H2,1-3H3. The highest BCUT2D eigenvalue weighted by molar-refractivity contribution is 5.88. The highest BCUT2D eigenvalue weighted by atomic mass is 16.6. The number of carbonyl (C=O) groups excluding carboxylic acids is 1. The molecule has 0 saturated heterocycles. The molecule has 1 aromatic carbocycles. The van der Waals surface area contributed by atoms with Gasteiger partial charge in [0.05, 0.1) is 12.0 Å². The Hall–Kier alpha value is -2.37. The van der Waals surface area contributed by atoms with E-state index >= 15 is 0 Å². The molecule has 0 aliphatic heterocycles. The molecule has 0 fully saturated rings. The maximum Gasteiger partial charge on any atom is 0.333 e. The Bertz CT molecular complexity index is 536. The molecule has 0 saturated carbocycles. The average Bonchev–Trinajstić information content (AvgIpc) is 2.44. The van der Waals surface area contributed by atoms with Gasteiger partial charge in [0.1, 0.15) is 6.61 Å². The molecule has 6 heteroatoms. The second kappa shape index (κ2) is 7.28. The van der Waals surface area contributed by atoms with Crippen molar-refractivity contribution in [3.63, 3.8) is 0 Å². The van der Waals surface area contributed by atoms with Gasteiger partial charge in [-0.3, -0.25) is 10.1 Å². The van der Waals surface area contributed by atoms with Crippen LogP contribution in [-0.2, 0) is 9.53 Å². The van der Waals surface area contributed by atoms with Crippen LogP contribution in [0.3, 0.4) is 0 Å². The van der Waals surface area contributed by atoms with Crippen molar-refractivity contribution < 1.29 is 19.2 Å². The summed E-state index contributed by atoms with van der Waals surface area (Å²) in [5.41, 5.74) is 1.17. The van der Waals surface area contributed by atoms with Crippen LogP contribution in [0.25, 0.3) is 0 Å². The van der Waals surface area contributed by atoms with E-state index in [1.165, 1.54) is 13.2 Å². The van der Waals surface area contributed by atoms with Gasteiger partial charge in [-0.05, 0) is 31.1 Å². The number of hydrogen-bond donors (Lipinski definition) is 0. The Morgan fingerprint density at radius 1 is 1.45 bits per heavy atom. The Morgan fingerprint density at radius 2 is 2.15 bits per heavy atom. The van der Waals surface area contributed by atoms with E-state index < -0.39 is 10.9 Å². The molecule has 0 aliphatic rings. The molecule has 0 amide bonds. The first-order chi connectivity index (χ1) is 9.49. The fourth-order valence-electron chi connectivity index (χ4n) is 1.63. The third-order valence-corrected chi connectivity index (χ3v) is 2.71. The van der Waals surface area contributed by atoms with Crippen molar-refractivity contribution in [3.05, 3.63) is 45.5 Å². The number of nitro benzene ring substituents is 1. The van der Waals surface area contributed by atoms with E-state index in [0.717, 1.165) is 5.56 Å². The molecule has 108 valence electrons. The molecular formula is C14H17NO5. The molecule has 1 rings (SSSR count). The van der Waals surface area contributed by atoms with Gasteiger partial charge in [-0.2, -0.15) is 0 Å². The number of ether oxygens (including phenoxy) is 2. The fraction of sp³-hybridized carbons (Fsp3) is 0.357. The lowest BCUT2D eigenvalue weighted by Gasteiger charge is -2.06. The molecule has 0 unspecified atom stereocenters. The predicted molar refractivity (Wildman–Crippen MR) is 73.7 cm³/mol. The normalized spacial score (nSPS) is 11.1. The number of nitrogens with zero attached hydrogens (tertiary/aromatic N) is 1. The van der Waals surface area contributed by atoms with Crippen LogP contribution in [0, 0.1) is 17.0 Å². The van der Waals surface area contributed by atoms with Crippen LogP contribution in [0.2, 0.25) is 0 Å². The molecule has 0 bridgehead atoms. The van der Waals surface area contributed by atoms with Gasteiger partial charge in [-0.15, -0.1) is 0 Å². The van der Waals surface area contributed by atoms with Gasteiger partial charge in [0.2, 0.25) is 0 Å². The van der Waals surface area contributed by atoms with Gasteiger partial charge in [0.25, 0.3) is 0 Å². The van der Waals surface area contributed by atoms with Gasteiger partial charge in [0.15, 0.2) is 5.75 Å². The Balaban J connectivity index is 2.82. The first-order valence-corrected chi connectivity index (χ1v) is 6.14. The number of benzene rings is 1. The van der Waals surface area contributed by atoms with Crippen molar-refractivity contribution in [2.75, 3.05) is 13.7 Å². The van der Waals surface area contributed by atoms with Gasteiger partial charge in [-0.1, -0.05) is 13.0 Å². The summed E-state index contributed by atoms with van der Waals surface area (Å²) in [6.07, 6.45) is 2.07. The van der Waals surface area contributed by atoms with Crippen molar-refractivity contribution in [1.82, 2.24) is 0 Å². The number of carbonyl (C=O) groups is 1. The zero-order valence-electron chi connectivity index (χ0n) is 11.7. The second-order valence-corrected chi connectivity index (χ2v) is 4.11. The van der Waals surface area contributed by atoms with E-state index in [1.807, 2.05) is 6.92 Å². The number of methoxy groups -OCH3 is 1. The molecule has 6 nitrogen and oxygen atoms in total. The molecule has 0 atom stereocenters.